The summed E-state index contributed by atoms with van der Waals surface area (Å²) in [5, 5.41) is 16.4. The number of rotatable bonds is 3. The molecule has 90 valence electrons. The van der Waals surface area contributed by atoms with Gasteiger partial charge in [0.1, 0.15) is 11.5 Å². The summed E-state index contributed by atoms with van der Waals surface area (Å²) in [6, 6.07) is 2.96. The summed E-state index contributed by atoms with van der Waals surface area (Å²) in [5.41, 5.74) is 0.355. The van der Waals surface area contributed by atoms with Crippen LogP contribution in [0, 0.1) is 17.0 Å². The highest BCUT2D eigenvalue weighted by atomic mass is 16.6. The quantitative estimate of drug-likeness (QED) is 0.591. The molecular formula is C10H12N4O3. The summed E-state index contributed by atoms with van der Waals surface area (Å²) in [5.74, 6) is 0.552. The van der Waals surface area contributed by atoms with E-state index in [1.165, 1.54) is 6.07 Å². The maximum absolute atomic E-state index is 11.0. The van der Waals surface area contributed by atoms with Crippen molar-refractivity contribution >= 4 is 17.4 Å². The Morgan fingerprint density at radius 2 is 2.35 bits per heavy atom. The molecule has 1 aliphatic rings. The van der Waals surface area contributed by atoms with Crippen LogP contribution in [0.3, 0.4) is 0 Å². The average Bonchev–Trinajstić information content (AvgIpc) is 2.63. The van der Waals surface area contributed by atoms with Crippen LogP contribution in [0.1, 0.15) is 12.1 Å². The lowest BCUT2D eigenvalue weighted by Gasteiger charge is -2.11. The standard InChI is InChI=1S/C10H12N4O3/c1-6-8(14(16)17)2-3-9(12-6)13-7-4-10(15)11-5-7/h2-3,7H,4-5H2,1H3,(H,11,15)(H,12,13). The maximum Gasteiger partial charge on any atom is 0.290 e. The van der Waals surface area contributed by atoms with Crippen molar-refractivity contribution in [2.45, 2.75) is 19.4 Å². The van der Waals surface area contributed by atoms with Gasteiger partial charge in [0.2, 0.25) is 5.91 Å². The molecule has 0 radical (unpaired) electrons. The fraction of sp³-hybridized carbons (Fsp3) is 0.400. The van der Waals surface area contributed by atoms with E-state index < -0.39 is 4.92 Å². The summed E-state index contributed by atoms with van der Waals surface area (Å²) < 4.78 is 0. The number of carbonyl (C=O) groups excluding carboxylic acids is 1. The van der Waals surface area contributed by atoms with E-state index >= 15 is 0 Å². The smallest absolute Gasteiger partial charge is 0.290 e. The number of anilines is 1. The molecule has 0 bridgehead atoms. The molecule has 0 saturated carbocycles. The van der Waals surface area contributed by atoms with Crippen LogP contribution >= 0.6 is 0 Å². The molecule has 2 N–H and O–H groups in total. The first-order chi connectivity index (χ1) is 8.06. The van der Waals surface area contributed by atoms with Crippen LogP contribution in [-0.2, 0) is 4.79 Å². The molecule has 0 aliphatic carbocycles. The van der Waals surface area contributed by atoms with E-state index in [4.69, 9.17) is 0 Å². The van der Waals surface area contributed by atoms with E-state index in [1.807, 2.05) is 0 Å². The molecule has 7 heteroatoms. The van der Waals surface area contributed by atoms with Gasteiger partial charge in [-0.3, -0.25) is 14.9 Å². The van der Waals surface area contributed by atoms with Gasteiger partial charge in [-0.05, 0) is 13.0 Å². The SMILES string of the molecule is Cc1nc(NC2CNC(=O)C2)ccc1[N+](=O)[O-]. The normalized spacial score (nSPS) is 18.9. The van der Waals surface area contributed by atoms with Gasteiger partial charge in [0.25, 0.3) is 5.69 Å². The number of carbonyl (C=O) groups is 1. The summed E-state index contributed by atoms with van der Waals surface area (Å²) in [7, 11) is 0. The number of hydrogen-bond donors (Lipinski definition) is 2. The largest absolute Gasteiger partial charge is 0.365 e. The van der Waals surface area contributed by atoms with Crippen LogP contribution in [0.25, 0.3) is 0 Å². The van der Waals surface area contributed by atoms with Crippen molar-refractivity contribution in [2.75, 3.05) is 11.9 Å². The Kier molecular flexibility index (Phi) is 2.90. The maximum atomic E-state index is 11.0. The first kappa shape index (κ1) is 11.3. The molecule has 1 aliphatic heterocycles. The van der Waals surface area contributed by atoms with E-state index in [9.17, 15) is 14.9 Å². The number of hydrogen-bond acceptors (Lipinski definition) is 5. The predicted molar refractivity (Wildman–Crippen MR) is 60.7 cm³/mol. The van der Waals surface area contributed by atoms with E-state index in [0.717, 1.165) is 0 Å². The fourth-order valence-electron chi connectivity index (χ4n) is 1.74. The molecule has 1 atom stereocenters. The van der Waals surface area contributed by atoms with Gasteiger partial charge in [-0.1, -0.05) is 0 Å². The number of pyridine rings is 1. The fourth-order valence-corrected chi connectivity index (χ4v) is 1.74. The lowest BCUT2D eigenvalue weighted by Crippen LogP contribution is -2.23. The highest BCUT2D eigenvalue weighted by molar-refractivity contribution is 5.79. The molecular weight excluding hydrogens is 224 g/mol. The second-order valence-corrected chi connectivity index (χ2v) is 3.91. The second-order valence-electron chi connectivity index (χ2n) is 3.91. The number of aryl methyl sites for hydroxylation is 1. The first-order valence-corrected chi connectivity index (χ1v) is 5.21. The Balaban J connectivity index is 2.10. The van der Waals surface area contributed by atoms with Gasteiger partial charge in [-0.25, -0.2) is 4.98 Å². The van der Waals surface area contributed by atoms with Crippen molar-refractivity contribution in [3.05, 3.63) is 27.9 Å². The Morgan fingerprint density at radius 3 is 2.88 bits per heavy atom. The Bertz CT molecular complexity index is 475. The number of nitrogens with zero attached hydrogens (tertiary/aromatic N) is 2. The topological polar surface area (TPSA) is 97.2 Å². The Labute approximate surface area is 97.4 Å². The van der Waals surface area contributed by atoms with Gasteiger partial charge in [-0.15, -0.1) is 0 Å². The van der Waals surface area contributed by atoms with Crippen LogP contribution in [0.15, 0.2) is 12.1 Å². The minimum Gasteiger partial charge on any atom is -0.365 e. The molecule has 7 nitrogen and oxygen atoms in total. The molecule has 2 heterocycles. The van der Waals surface area contributed by atoms with E-state index in [1.54, 1.807) is 13.0 Å². The van der Waals surface area contributed by atoms with Gasteiger partial charge in [0, 0.05) is 19.0 Å². The Morgan fingerprint density at radius 1 is 1.59 bits per heavy atom. The molecule has 17 heavy (non-hydrogen) atoms. The molecule has 1 amide bonds. The molecule has 1 saturated heterocycles. The summed E-state index contributed by atoms with van der Waals surface area (Å²) >= 11 is 0. The van der Waals surface area contributed by atoms with E-state index in [-0.39, 0.29) is 17.6 Å². The van der Waals surface area contributed by atoms with Crippen LogP contribution in [0.4, 0.5) is 11.5 Å². The molecule has 1 unspecified atom stereocenters. The van der Waals surface area contributed by atoms with Crippen molar-refractivity contribution in [3.63, 3.8) is 0 Å². The van der Waals surface area contributed by atoms with Gasteiger partial charge in [-0.2, -0.15) is 0 Å². The van der Waals surface area contributed by atoms with Gasteiger partial charge < -0.3 is 10.6 Å². The number of nitro groups is 1. The van der Waals surface area contributed by atoms with Gasteiger partial charge in [0.15, 0.2) is 0 Å². The third kappa shape index (κ3) is 2.49. The zero-order valence-corrected chi connectivity index (χ0v) is 9.27. The number of amides is 1. The van der Waals surface area contributed by atoms with Crippen molar-refractivity contribution in [2.24, 2.45) is 0 Å². The first-order valence-electron chi connectivity index (χ1n) is 5.21. The zero-order chi connectivity index (χ0) is 12.4. The van der Waals surface area contributed by atoms with E-state index in [2.05, 4.69) is 15.6 Å². The van der Waals surface area contributed by atoms with Crippen LogP contribution in [-0.4, -0.2) is 28.4 Å². The molecule has 2 rings (SSSR count). The third-order valence-electron chi connectivity index (χ3n) is 2.58. The second kappa shape index (κ2) is 4.36. The van der Waals surface area contributed by atoms with Crippen LogP contribution < -0.4 is 10.6 Å². The van der Waals surface area contributed by atoms with Crippen molar-refractivity contribution in [1.82, 2.24) is 10.3 Å². The highest BCUT2D eigenvalue weighted by Gasteiger charge is 2.22. The minimum atomic E-state index is -0.466. The third-order valence-corrected chi connectivity index (χ3v) is 2.58. The summed E-state index contributed by atoms with van der Waals surface area (Å²) in [6.07, 6.45) is 0.401. The van der Waals surface area contributed by atoms with E-state index in [0.29, 0.717) is 24.5 Å². The number of nitrogens with one attached hydrogen (secondary N) is 2. The van der Waals surface area contributed by atoms with Crippen molar-refractivity contribution in [3.8, 4) is 0 Å². The summed E-state index contributed by atoms with van der Waals surface area (Å²) in [4.78, 5) is 25.2. The zero-order valence-electron chi connectivity index (χ0n) is 9.27. The van der Waals surface area contributed by atoms with Gasteiger partial charge >= 0.3 is 0 Å². The highest BCUT2D eigenvalue weighted by Crippen LogP contribution is 2.18. The lowest BCUT2D eigenvalue weighted by molar-refractivity contribution is -0.385. The minimum absolute atomic E-state index is 0.00105. The van der Waals surface area contributed by atoms with Crippen LogP contribution in [0.2, 0.25) is 0 Å². The summed E-state index contributed by atoms with van der Waals surface area (Å²) in [6.45, 7) is 2.14. The van der Waals surface area contributed by atoms with Crippen molar-refractivity contribution < 1.29 is 9.72 Å². The predicted octanol–water partition coefficient (Wildman–Crippen LogP) is 0.599. The Hall–Kier alpha value is -2.18. The molecule has 0 spiro atoms. The van der Waals surface area contributed by atoms with Crippen LogP contribution in [0.5, 0.6) is 0 Å². The van der Waals surface area contributed by atoms with Crippen molar-refractivity contribution in [1.29, 1.82) is 0 Å². The number of aromatic nitrogens is 1. The molecule has 1 fully saturated rings. The van der Waals surface area contributed by atoms with Gasteiger partial charge in [0.05, 0.1) is 11.0 Å². The molecule has 0 aromatic carbocycles. The molecule has 1 aromatic rings. The molecule has 1 aromatic heterocycles. The average molecular weight is 236 g/mol. The monoisotopic (exact) mass is 236 g/mol. The lowest BCUT2D eigenvalue weighted by atomic mass is 10.2.